The van der Waals surface area contributed by atoms with Gasteiger partial charge >= 0.3 is 0 Å². The zero-order valence-corrected chi connectivity index (χ0v) is 37.5. The summed E-state index contributed by atoms with van der Waals surface area (Å²) in [5.41, 5.74) is 14.6. The molecule has 0 spiro atoms. The largest absolute Gasteiger partial charge is 0.309 e. The second-order valence-electron chi connectivity index (χ2n) is 17.0. The summed E-state index contributed by atoms with van der Waals surface area (Å²) in [5.74, 6) is 1.75. The molecule has 0 N–H and O–H groups in total. The maximum absolute atomic E-state index is 5.38. The smallest absolute Gasteiger partial charge is 0.166 e. The van der Waals surface area contributed by atoms with Gasteiger partial charge in [0.05, 0.1) is 16.7 Å². The maximum Gasteiger partial charge on any atom is 0.166 e. The third kappa shape index (κ3) is 6.86. The summed E-state index contributed by atoms with van der Waals surface area (Å²) >= 11 is 1.84. The lowest BCUT2D eigenvalue weighted by atomic mass is 9.91. The molecule has 5 nitrogen and oxygen atoms in total. The van der Waals surface area contributed by atoms with Gasteiger partial charge in [-0.2, -0.15) is 0 Å². The lowest BCUT2D eigenvalue weighted by Crippen LogP contribution is -2.02. The average Bonchev–Trinajstić information content (AvgIpc) is 3.97. The van der Waals surface area contributed by atoms with Gasteiger partial charge in [0.1, 0.15) is 0 Å². The van der Waals surface area contributed by atoms with Gasteiger partial charge in [-0.05, 0) is 70.3 Å². The van der Waals surface area contributed by atoms with E-state index in [2.05, 4.69) is 174 Å². The van der Waals surface area contributed by atoms with Crippen LogP contribution in [-0.2, 0) is 0 Å². The van der Waals surface area contributed by atoms with Crippen LogP contribution >= 0.6 is 11.3 Å². The van der Waals surface area contributed by atoms with E-state index in [9.17, 15) is 0 Å². The molecule has 68 heavy (non-hydrogen) atoms. The Morgan fingerprint density at radius 2 is 0.882 bits per heavy atom. The molecule has 13 aromatic rings. The Hall–Kier alpha value is -8.84. The molecule has 0 saturated heterocycles. The fourth-order valence-corrected chi connectivity index (χ4v) is 11.0. The lowest BCUT2D eigenvalue weighted by molar-refractivity contribution is 1.07. The van der Waals surface area contributed by atoms with Crippen LogP contribution in [0, 0.1) is 0 Å². The summed E-state index contributed by atoms with van der Waals surface area (Å²) in [7, 11) is 0. The number of nitrogens with zero attached hydrogens (tertiary/aromatic N) is 5. The van der Waals surface area contributed by atoms with Crippen LogP contribution in [0.5, 0.6) is 0 Å². The van der Waals surface area contributed by atoms with E-state index in [1.165, 1.54) is 53.1 Å². The Balaban J connectivity index is 1.03. The summed E-state index contributed by atoms with van der Waals surface area (Å²) < 4.78 is 4.85. The van der Waals surface area contributed by atoms with Gasteiger partial charge in [-0.25, -0.2) is 15.0 Å². The van der Waals surface area contributed by atoms with Crippen molar-refractivity contribution in [2.45, 2.75) is 0 Å². The molecule has 13 rings (SSSR count). The van der Waals surface area contributed by atoms with Gasteiger partial charge in [-0.1, -0.05) is 188 Å². The van der Waals surface area contributed by atoms with Crippen LogP contribution in [0.15, 0.2) is 237 Å². The SMILES string of the molecule is c1ccc(-c2nc(-c3ccccc3)nc(-c3cc(-c4ccc(-c5ccccc5)c(-c5ccccc5)c4)cnc3-c3ccc4c(c3)sc3c4ccc4c3c3ccccc3n4-c3ccccc3)n2)cc1. The number of pyridine rings is 1. The minimum Gasteiger partial charge on any atom is -0.309 e. The number of benzene rings is 9. The highest BCUT2D eigenvalue weighted by atomic mass is 32.1. The quantitative estimate of drug-likeness (QED) is 0.153. The monoisotopic (exact) mass is 885 g/mol. The molecule has 0 saturated carbocycles. The number of rotatable bonds is 8. The normalized spacial score (nSPS) is 11.5. The van der Waals surface area contributed by atoms with Crippen molar-refractivity contribution in [1.29, 1.82) is 0 Å². The van der Waals surface area contributed by atoms with Gasteiger partial charge in [-0.15, -0.1) is 11.3 Å². The van der Waals surface area contributed by atoms with Crippen molar-refractivity contribution in [1.82, 2.24) is 24.5 Å². The van der Waals surface area contributed by atoms with E-state index in [1.807, 2.05) is 78.2 Å². The minimum absolute atomic E-state index is 0.554. The molecule has 318 valence electrons. The van der Waals surface area contributed by atoms with E-state index in [4.69, 9.17) is 19.9 Å². The molecule has 4 aromatic heterocycles. The molecule has 6 heteroatoms. The maximum atomic E-state index is 5.38. The molecule has 0 bridgehead atoms. The Morgan fingerprint density at radius 3 is 1.56 bits per heavy atom. The van der Waals surface area contributed by atoms with Crippen molar-refractivity contribution in [3.8, 4) is 84.5 Å². The van der Waals surface area contributed by atoms with Crippen LogP contribution < -0.4 is 0 Å². The standard InChI is InChI=1S/C62H39N5S/c1-6-18-40(19-7-1)48-32-30-44(36-52(48)41-20-8-2-9-21-41)46-37-53(62-65-60(42-22-10-3-11-23-42)64-61(66-62)43-24-12-4-13-25-43)58(63-39-46)45-31-33-49-50-34-35-55-57(59(50)68-56(49)38-45)51-28-16-17-29-54(51)67(55)47-26-14-5-15-27-47/h1-39H. The summed E-state index contributed by atoms with van der Waals surface area (Å²) in [6.45, 7) is 0. The molecular formula is C62H39N5S. The highest BCUT2D eigenvalue weighted by Crippen LogP contribution is 2.45. The Morgan fingerprint density at radius 1 is 0.338 bits per heavy atom. The second kappa shape index (κ2) is 16.5. The molecule has 9 aromatic carbocycles. The minimum atomic E-state index is 0.554. The van der Waals surface area contributed by atoms with Gasteiger partial charge in [-0.3, -0.25) is 4.98 Å². The molecule has 0 unspecified atom stereocenters. The number of hydrogen-bond acceptors (Lipinski definition) is 5. The van der Waals surface area contributed by atoms with E-state index in [0.29, 0.717) is 17.5 Å². The van der Waals surface area contributed by atoms with E-state index < -0.39 is 0 Å². The zero-order chi connectivity index (χ0) is 45.0. The Bertz CT molecular complexity index is 3940. The van der Waals surface area contributed by atoms with Crippen molar-refractivity contribution < 1.29 is 0 Å². The summed E-state index contributed by atoms with van der Waals surface area (Å²) in [6.07, 6.45) is 2.00. The predicted molar refractivity (Wildman–Crippen MR) is 283 cm³/mol. The predicted octanol–water partition coefficient (Wildman–Crippen LogP) is 16.4. The average molecular weight is 886 g/mol. The first-order valence-corrected chi connectivity index (χ1v) is 23.6. The van der Waals surface area contributed by atoms with Gasteiger partial charge in [0.15, 0.2) is 17.5 Å². The van der Waals surface area contributed by atoms with Crippen molar-refractivity contribution in [3.63, 3.8) is 0 Å². The van der Waals surface area contributed by atoms with Crippen molar-refractivity contribution in [2.24, 2.45) is 0 Å². The summed E-state index contributed by atoms with van der Waals surface area (Å²) in [5, 5.41) is 4.98. The molecule has 0 aliphatic rings. The fourth-order valence-electron chi connectivity index (χ4n) is 9.69. The number of hydrogen-bond donors (Lipinski definition) is 0. The molecule has 0 aliphatic carbocycles. The second-order valence-corrected chi connectivity index (χ2v) is 18.0. The van der Waals surface area contributed by atoms with Gasteiger partial charge < -0.3 is 4.57 Å². The number of thiophene rings is 1. The van der Waals surface area contributed by atoms with Gasteiger partial charge in [0, 0.05) is 70.6 Å². The molecule has 0 aliphatic heterocycles. The molecule has 0 fully saturated rings. The number of aromatic nitrogens is 5. The molecule has 0 amide bonds. The first-order chi connectivity index (χ1) is 33.7. The van der Waals surface area contributed by atoms with Crippen LogP contribution in [0.3, 0.4) is 0 Å². The van der Waals surface area contributed by atoms with Crippen LogP contribution in [0.25, 0.3) is 126 Å². The first-order valence-electron chi connectivity index (χ1n) is 22.8. The van der Waals surface area contributed by atoms with Gasteiger partial charge in [0.25, 0.3) is 0 Å². The van der Waals surface area contributed by atoms with Gasteiger partial charge in [0.2, 0.25) is 0 Å². The highest BCUT2D eigenvalue weighted by Gasteiger charge is 2.22. The first kappa shape index (κ1) is 39.5. The summed E-state index contributed by atoms with van der Waals surface area (Å²) in [6, 6.07) is 81.2. The highest BCUT2D eigenvalue weighted by molar-refractivity contribution is 7.26. The van der Waals surface area contributed by atoms with Crippen molar-refractivity contribution >= 4 is 53.3 Å². The van der Waals surface area contributed by atoms with E-state index in [-0.39, 0.29) is 0 Å². The zero-order valence-electron chi connectivity index (χ0n) is 36.7. The number of para-hydroxylation sites is 2. The van der Waals surface area contributed by atoms with Crippen molar-refractivity contribution in [3.05, 3.63) is 237 Å². The fraction of sp³-hybridized carbons (Fsp3) is 0. The van der Waals surface area contributed by atoms with E-state index >= 15 is 0 Å². The van der Waals surface area contributed by atoms with Crippen LogP contribution in [0.2, 0.25) is 0 Å². The van der Waals surface area contributed by atoms with Crippen LogP contribution in [0.4, 0.5) is 0 Å². The summed E-state index contributed by atoms with van der Waals surface area (Å²) in [4.78, 5) is 21.0. The van der Waals surface area contributed by atoms with Crippen LogP contribution in [0.1, 0.15) is 0 Å². The third-order valence-corrected chi connectivity index (χ3v) is 14.1. The van der Waals surface area contributed by atoms with Crippen LogP contribution in [-0.4, -0.2) is 24.5 Å². The van der Waals surface area contributed by atoms with Crippen molar-refractivity contribution in [2.75, 3.05) is 0 Å². The molecule has 0 atom stereocenters. The Labute approximate surface area is 397 Å². The third-order valence-electron chi connectivity index (χ3n) is 12.9. The topological polar surface area (TPSA) is 56.5 Å². The molecular weight excluding hydrogens is 847 g/mol. The molecule has 4 heterocycles. The lowest BCUT2D eigenvalue weighted by Gasteiger charge is -2.15. The van der Waals surface area contributed by atoms with E-state index in [1.54, 1.807) is 0 Å². The Kier molecular flexibility index (Phi) is 9.62. The molecule has 0 radical (unpaired) electrons. The number of fused-ring (bicyclic) bond motifs is 7. The van der Waals surface area contributed by atoms with E-state index in [0.717, 1.165) is 55.9 Å².